The summed E-state index contributed by atoms with van der Waals surface area (Å²) < 4.78 is 5.05. The minimum Gasteiger partial charge on any atom is -0.449 e. The average molecular weight is 265 g/mol. The lowest BCUT2D eigenvalue weighted by Crippen LogP contribution is -2.46. The van der Waals surface area contributed by atoms with Gasteiger partial charge < -0.3 is 10.1 Å². The van der Waals surface area contributed by atoms with Crippen molar-refractivity contribution >= 4 is 17.9 Å². The van der Waals surface area contributed by atoms with Crippen molar-refractivity contribution in [2.75, 3.05) is 12.4 Å². The first-order valence-electron chi connectivity index (χ1n) is 6.19. The van der Waals surface area contributed by atoms with E-state index < -0.39 is 0 Å². The normalized spacial score (nSPS) is 22.2. The molecule has 1 aromatic rings. The maximum Gasteiger partial charge on any atom is 0.407 e. The van der Waals surface area contributed by atoms with Crippen molar-refractivity contribution in [1.82, 2.24) is 5.32 Å². The molecule has 2 rings (SSSR count). The first-order chi connectivity index (χ1) is 8.53. The first-order valence-corrected chi connectivity index (χ1v) is 7.17. The van der Waals surface area contributed by atoms with Gasteiger partial charge in [0.15, 0.2) is 0 Å². The molecule has 0 aromatic heterocycles. The van der Waals surface area contributed by atoms with Crippen LogP contribution in [0.2, 0.25) is 0 Å². The van der Waals surface area contributed by atoms with Gasteiger partial charge in [0, 0.05) is 10.3 Å². The molecule has 3 nitrogen and oxygen atoms in total. The molecular weight excluding hydrogens is 246 g/mol. The van der Waals surface area contributed by atoms with Crippen LogP contribution >= 0.6 is 11.8 Å². The highest BCUT2D eigenvalue weighted by molar-refractivity contribution is 7.99. The molecule has 1 saturated heterocycles. The number of amides is 1. The van der Waals surface area contributed by atoms with E-state index in [-0.39, 0.29) is 17.6 Å². The van der Waals surface area contributed by atoms with Crippen LogP contribution in [-0.2, 0) is 4.74 Å². The minimum absolute atomic E-state index is 0.0134. The Morgan fingerprint density at radius 2 is 2.06 bits per heavy atom. The number of benzene rings is 1. The summed E-state index contributed by atoms with van der Waals surface area (Å²) in [6, 6.07) is 8.42. The van der Waals surface area contributed by atoms with Crippen LogP contribution in [0, 0.1) is 5.41 Å². The van der Waals surface area contributed by atoms with Crippen LogP contribution in [0.3, 0.4) is 0 Å². The molecule has 1 atom stereocenters. The van der Waals surface area contributed by atoms with Gasteiger partial charge in [0.2, 0.25) is 0 Å². The number of thioether (sulfide) groups is 1. The summed E-state index contributed by atoms with van der Waals surface area (Å²) in [4.78, 5) is 12.6. The summed E-state index contributed by atoms with van der Waals surface area (Å²) in [5, 5.41) is 2.91. The van der Waals surface area contributed by atoms with E-state index in [0.29, 0.717) is 6.61 Å². The van der Waals surface area contributed by atoms with Crippen molar-refractivity contribution in [3.63, 3.8) is 0 Å². The predicted octanol–water partition coefficient (Wildman–Crippen LogP) is 3.61. The lowest BCUT2D eigenvalue weighted by molar-refractivity contribution is 0.0387. The van der Waals surface area contributed by atoms with Gasteiger partial charge in [-0.15, -0.1) is 11.8 Å². The number of alkyl carbamates (subject to hydrolysis) is 1. The number of nitrogens with one attached hydrogen (secondary N) is 1. The van der Waals surface area contributed by atoms with Crippen molar-refractivity contribution in [1.29, 1.82) is 0 Å². The molecule has 0 saturated carbocycles. The molecule has 1 aromatic carbocycles. The molecule has 1 amide bonds. The second-order valence-electron chi connectivity index (χ2n) is 5.14. The smallest absolute Gasteiger partial charge is 0.407 e. The molecule has 1 heterocycles. The highest BCUT2D eigenvalue weighted by atomic mass is 32.2. The van der Waals surface area contributed by atoms with E-state index in [4.69, 9.17) is 4.74 Å². The fourth-order valence-corrected chi connectivity index (χ4v) is 2.81. The van der Waals surface area contributed by atoms with E-state index in [1.165, 1.54) is 4.90 Å². The summed E-state index contributed by atoms with van der Waals surface area (Å²) >= 11 is 1.82. The van der Waals surface area contributed by atoms with Crippen LogP contribution in [0.1, 0.15) is 32.4 Å². The van der Waals surface area contributed by atoms with Crippen molar-refractivity contribution in [2.45, 2.75) is 31.7 Å². The molecule has 1 aliphatic rings. The van der Waals surface area contributed by atoms with Crippen molar-refractivity contribution in [2.24, 2.45) is 5.41 Å². The number of ether oxygens (including phenoxy) is 1. The van der Waals surface area contributed by atoms with Crippen LogP contribution in [0.4, 0.5) is 4.79 Å². The van der Waals surface area contributed by atoms with E-state index in [1.54, 1.807) is 0 Å². The Kier molecular flexibility index (Phi) is 3.85. The standard InChI is InChI=1S/C14H19NO2S/c1-4-18-11-7-5-10(6-8-11)12-14(2,3)9-17-13(16)15-12/h5-8,12H,4,9H2,1-3H3,(H,15,16)/t12-/m0/s1. The molecule has 0 spiro atoms. The Morgan fingerprint density at radius 1 is 1.39 bits per heavy atom. The molecule has 0 bridgehead atoms. The van der Waals surface area contributed by atoms with Gasteiger partial charge in [0.05, 0.1) is 6.04 Å². The lowest BCUT2D eigenvalue weighted by atomic mass is 9.80. The number of carbonyl (C=O) groups excluding carboxylic acids is 1. The zero-order valence-electron chi connectivity index (χ0n) is 11.0. The number of hydrogen-bond acceptors (Lipinski definition) is 3. The number of cyclic esters (lactones) is 1. The van der Waals surface area contributed by atoms with Crippen LogP contribution in [0.15, 0.2) is 29.2 Å². The zero-order valence-corrected chi connectivity index (χ0v) is 11.8. The monoisotopic (exact) mass is 265 g/mol. The van der Waals surface area contributed by atoms with E-state index in [9.17, 15) is 4.79 Å². The second kappa shape index (κ2) is 5.22. The van der Waals surface area contributed by atoms with Crippen LogP contribution in [-0.4, -0.2) is 18.5 Å². The Balaban J connectivity index is 2.20. The summed E-state index contributed by atoms with van der Waals surface area (Å²) in [6.45, 7) is 6.80. The van der Waals surface area contributed by atoms with Crippen molar-refractivity contribution in [3.05, 3.63) is 29.8 Å². The van der Waals surface area contributed by atoms with Crippen LogP contribution in [0.5, 0.6) is 0 Å². The molecule has 0 unspecified atom stereocenters. The van der Waals surface area contributed by atoms with Gasteiger partial charge in [0.1, 0.15) is 6.61 Å². The third kappa shape index (κ3) is 2.80. The zero-order chi connectivity index (χ0) is 13.2. The summed E-state index contributed by atoms with van der Waals surface area (Å²) in [5.41, 5.74) is 1.05. The lowest BCUT2D eigenvalue weighted by Gasteiger charge is -2.38. The Morgan fingerprint density at radius 3 is 2.67 bits per heavy atom. The van der Waals surface area contributed by atoms with Gasteiger partial charge in [-0.2, -0.15) is 0 Å². The second-order valence-corrected chi connectivity index (χ2v) is 6.48. The van der Waals surface area contributed by atoms with Gasteiger partial charge in [-0.3, -0.25) is 0 Å². The number of hydrogen-bond donors (Lipinski definition) is 1. The molecular formula is C14H19NO2S. The van der Waals surface area contributed by atoms with Gasteiger partial charge in [0.25, 0.3) is 0 Å². The SMILES string of the molecule is CCSc1ccc([C@@H]2NC(=O)OCC2(C)C)cc1. The largest absolute Gasteiger partial charge is 0.449 e. The Bertz CT molecular complexity index is 428. The summed E-state index contributed by atoms with van der Waals surface area (Å²) in [6.07, 6.45) is -0.327. The van der Waals surface area contributed by atoms with Gasteiger partial charge in [-0.1, -0.05) is 32.9 Å². The third-order valence-corrected chi connectivity index (χ3v) is 4.04. The summed E-state index contributed by atoms with van der Waals surface area (Å²) in [5.74, 6) is 1.07. The molecule has 1 N–H and O–H groups in total. The quantitative estimate of drug-likeness (QED) is 0.849. The topological polar surface area (TPSA) is 38.3 Å². The van der Waals surface area contributed by atoms with Crippen LogP contribution < -0.4 is 5.32 Å². The van der Waals surface area contributed by atoms with E-state index in [1.807, 2.05) is 11.8 Å². The number of rotatable bonds is 3. The molecule has 98 valence electrons. The fraction of sp³-hybridized carbons (Fsp3) is 0.500. The van der Waals surface area contributed by atoms with Gasteiger partial charge >= 0.3 is 6.09 Å². The highest BCUT2D eigenvalue weighted by Gasteiger charge is 2.37. The molecule has 0 aliphatic carbocycles. The predicted molar refractivity (Wildman–Crippen MR) is 73.8 cm³/mol. The third-order valence-electron chi connectivity index (χ3n) is 3.14. The van der Waals surface area contributed by atoms with Crippen molar-refractivity contribution in [3.8, 4) is 0 Å². The first kappa shape index (κ1) is 13.3. The van der Waals surface area contributed by atoms with E-state index in [2.05, 4.69) is 50.4 Å². The number of carbonyl (C=O) groups is 1. The Labute approximate surface area is 112 Å². The summed E-state index contributed by atoms with van der Waals surface area (Å²) in [7, 11) is 0. The molecule has 0 radical (unpaired) electrons. The Hall–Kier alpha value is -1.16. The van der Waals surface area contributed by atoms with Crippen molar-refractivity contribution < 1.29 is 9.53 Å². The van der Waals surface area contributed by atoms with E-state index in [0.717, 1.165) is 11.3 Å². The maximum absolute atomic E-state index is 11.4. The molecule has 4 heteroatoms. The minimum atomic E-state index is -0.327. The van der Waals surface area contributed by atoms with Gasteiger partial charge in [-0.25, -0.2) is 4.79 Å². The molecule has 18 heavy (non-hydrogen) atoms. The van der Waals surface area contributed by atoms with Crippen LogP contribution in [0.25, 0.3) is 0 Å². The molecule has 1 aliphatic heterocycles. The average Bonchev–Trinajstić information content (AvgIpc) is 2.34. The fourth-order valence-electron chi connectivity index (χ4n) is 2.15. The maximum atomic E-state index is 11.4. The van der Waals surface area contributed by atoms with Gasteiger partial charge in [-0.05, 0) is 23.4 Å². The molecule has 1 fully saturated rings. The highest BCUT2D eigenvalue weighted by Crippen LogP contribution is 2.36. The van der Waals surface area contributed by atoms with E-state index >= 15 is 0 Å².